The number of benzene rings is 1. The Morgan fingerprint density at radius 3 is 2.14 bits per heavy atom. The van der Waals surface area contributed by atoms with E-state index in [1.807, 2.05) is 14.1 Å². The second-order valence-electron chi connectivity index (χ2n) is 6.48. The van der Waals surface area contributed by atoms with E-state index in [0.717, 1.165) is 31.7 Å². The number of nitrogens with two attached hydrogens (primary N) is 1. The normalized spacial score (nSPS) is 27.9. The van der Waals surface area contributed by atoms with Gasteiger partial charge in [0.25, 0.3) is 0 Å². The summed E-state index contributed by atoms with van der Waals surface area (Å²) in [7, 11) is 4.02. The van der Waals surface area contributed by atoms with Crippen molar-refractivity contribution < 1.29 is 8.78 Å². The van der Waals surface area contributed by atoms with E-state index in [4.69, 9.17) is 5.84 Å². The Morgan fingerprint density at radius 2 is 1.71 bits per heavy atom. The second kappa shape index (κ2) is 6.38. The van der Waals surface area contributed by atoms with Crippen LogP contribution in [-0.2, 0) is 0 Å². The Balaban J connectivity index is 2.40. The first-order valence-electron chi connectivity index (χ1n) is 7.48. The molecule has 0 saturated heterocycles. The number of halogens is 2. The van der Waals surface area contributed by atoms with Crippen molar-refractivity contribution in [2.45, 2.75) is 44.2 Å². The van der Waals surface area contributed by atoms with Crippen LogP contribution in [0.2, 0.25) is 0 Å². The third-order valence-corrected chi connectivity index (χ3v) is 4.95. The van der Waals surface area contributed by atoms with Crippen molar-refractivity contribution in [2.24, 2.45) is 11.8 Å². The lowest BCUT2D eigenvalue weighted by Gasteiger charge is -2.49. The lowest BCUT2D eigenvalue weighted by atomic mass is 9.70. The van der Waals surface area contributed by atoms with Crippen LogP contribution in [0.1, 0.15) is 44.2 Å². The minimum atomic E-state index is -0.566. The monoisotopic (exact) mass is 297 g/mol. The maximum atomic E-state index is 13.6. The van der Waals surface area contributed by atoms with Crippen molar-refractivity contribution in [3.05, 3.63) is 35.4 Å². The van der Waals surface area contributed by atoms with Crippen LogP contribution < -0.4 is 11.3 Å². The number of likely N-dealkylation sites (N-methyl/N-ethyl adjacent to an activating group) is 1. The molecule has 0 radical (unpaired) electrons. The van der Waals surface area contributed by atoms with Gasteiger partial charge in [-0.15, -0.1) is 0 Å². The van der Waals surface area contributed by atoms with Crippen LogP contribution in [0.25, 0.3) is 0 Å². The van der Waals surface area contributed by atoms with Crippen molar-refractivity contribution in [1.82, 2.24) is 10.3 Å². The summed E-state index contributed by atoms with van der Waals surface area (Å²) in [5.41, 5.74) is 3.15. The molecule has 1 aliphatic carbocycles. The molecule has 2 rings (SSSR count). The van der Waals surface area contributed by atoms with Crippen LogP contribution in [0.3, 0.4) is 0 Å². The number of hydrogen-bond donors (Lipinski definition) is 2. The minimum Gasteiger partial charge on any atom is -0.302 e. The van der Waals surface area contributed by atoms with Crippen molar-refractivity contribution >= 4 is 0 Å². The van der Waals surface area contributed by atoms with Crippen molar-refractivity contribution in [1.29, 1.82) is 0 Å². The quantitative estimate of drug-likeness (QED) is 0.663. The summed E-state index contributed by atoms with van der Waals surface area (Å²) in [6.07, 6.45) is 4.09. The molecular formula is C16H25F2N3. The molecule has 1 aromatic rings. The molecule has 5 heteroatoms. The second-order valence-corrected chi connectivity index (χ2v) is 6.48. The van der Waals surface area contributed by atoms with Crippen LogP contribution in [0.5, 0.6) is 0 Å². The maximum Gasteiger partial charge on any atom is 0.126 e. The minimum absolute atomic E-state index is 0.221. The topological polar surface area (TPSA) is 41.3 Å². The molecule has 1 unspecified atom stereocenters. The standard InChI is InChI=1S/C16H25F2N3/c1-11-4-6-16(7-5-11,21(2)3)15(20-19)12-8-13(17)10-14(18)9-12/h8-11,15,20H,4-7,19H2,1-3H3. The largest absolute Gasteiger partial charge is 0.302 e. The molecule has 0 spiro atoms. The number of rotatable bonds is 4. The zero-order valence-corrected chi connectivity index (χ0v) is 13.0. The highest BCUT2D eigenvalue weighted by Crippen LogP contribution is 2.43. The summed E-state index contributed by atoms with van der Waals surface area (Å²) < 4.78 is 27.1. The predicted molar refractivity (Wildman–Crippen MR) is 80.5 cm³/mol. The first-order chi connectivity index (χ1) is 9.89. The molecule has 1 atom stereocenters. The number of nitrogens with one attached hydrogen (secondary N) is 1. The van der Waals surface area contributed by atoms with Crippen LogP contribution in [0, 0.1) is 17.6 Å². The molecule has 0 aromatic heterocycles. The van der Waals surface area contributed by atoms with Crippen molar-refractivity contribution in [3.8, 4) is 0 Å². The van der Waals surface area contributed by atoms with E-state index >= 15 is 0 Å². The van der Waals surface area contributed by atoms with Crippen LogP contribution in [0.4, 0.5) is 8.78 Å². The van der Waals surface area contributed by atoms with Crippen molar-refractivity contribution in [2.75, 3.05) is 14.1 Å². The Morgan fingerprint density at radius 1 is 1.19 bits per heavy atom. The molecule has 3 N–H and O–H groups in total. The van der Waals surface area contributed by atoms with Gasteiger partial charge in [-0.25, -0.2) is 8.78 Å². The summed E-state index contributed by atoms with van der Waals surface area (Å²) >= 11 is 0. The van der Waals surface area contributed by atoms with Gasteiger partial charge in [0.2, 0.25) is 0 Å². The Hall–Kier alpha value is -1.04. The highest BCUT2D eigenvalue weighted by atomic mass is 19.1. The third-order valence-electron chi connectivity index (χ3n) is 4.95. The fraction of sp³-hybridized carbons (Fsp3) is 0.625. The van der Waals surface area contributed by atoms with Gasteiger partial charge in [-0.3, -0.25) is 11.3 Å². The lowest BCUT2D eigenvalue weighted by Crippen LogP contribution is -2.56. The van der Waals surface area contributed by atoms with E-state index in [0.29, 0.717) is 11.5 Å². The Kier molecular flexibility index (Phi) is 4.96. The molecule has 118 valence electrons. The summed E-state index contributed by atoms with van der Waals surface area (Å²) in [4.78, 5) is 2.15. The first-order valence-corrected chi connectivity index (χ1v) is 7.48. The van der Waals surface area contributed by atoms with E-state index in [9.17, 15) is 8.78 Å². The van der Waals surface area contributed by atoms with Gasteiger partial charge < -0.3 is 4.90 Å². The van der Waals surface area contributed by atoms with Gasteiger partial charge in [-0.2, -0.15) is 0 Å². The molecule has 21 heavy (non-hydrogen) atoms. The molecule has 3 nitrogen and oxygen atoms in total. The van der Waals surface area contributed by atoms with E-state index in [-0.39, 0.29) is 11.6 Å². The maximum absolute atomic E-state index is 13.6. The Labute approximate surface area is 125 Å². The van der Waals surface area contributed by atoms with Crippen molar-refractivity contribution in [3.63, 3.8) is 0 Å². The fourth-order valence-corrected chi connectivity index (χ4v) is 3.56. The van der Waals surface area contributed by atoms with Gasteiger partial charge in [0.15, 0.2) is 0 Å². The molecule has 0 heterocycles. The Bertz CT molecular complexity index is 462. The molecule has 0 amide bonds. The molecule has 1 aliphatic rings. The van der Waals surface area contributed by atoms with Gasteiger partial charge in [-0.05, 0) is 63.4 Å². The molecular weight excluding hydrogens is 272 g/mol. The van der Waals surface area contributed by atoms with Crippen LogP contribution in [-0.4, -0.2) is 24.5 Å². The van der Waals surface area contributed by atoms with Gasteiger partial charge >= 0.3 is 0 Å². The molecule has 1 saturated carbocycles. The fourth-order valence-electron chi connectivity index (χ4n) is 3.56. The molecule has 1 aromatic carbocycles. The highest BCUT2D eigenvalue weighted by molar-refractivity contribution is 5.25. The van der Waals surface area contributed by atoms with Gasteiger partial charge in [-0.1, -0.05) is 6.92 Å². The summed E-state index contributed by atoms with van der Waals surface area (Å²) in [6.45, 7) is 2.24. The summed E-state index contributed by atoms with van der Waals surface area (Å²) in [5, 5.41) is 0. The lowest BCUT2D eigenvalue weighted by molar-refractivity contribution is 0.0426. The predicted octanol–water partition coefficient (Wildman–Crippen LogP) is 2.98. The number of hydrogen-bond acceptors (Lipinski definition) is 3. The van der Waals surface area contributed by atoms with E-state index in [1.165, 1.54) is 12.1 Å². The zero-order chi connectivity index (χ0) is 15.6. The van der Waals surface area contributed by atoms with Gasteiger partial charge in [0, 0.05) is 11.6 Å². The average Bonchev–Trinajstić information content (AvgIpc) is 2.40. The molecule has 1 fully saturated rings. The van der Waals surface area contributed by atoms with Crippen LogP contribution >= 0.6 is 0 Å². The van der Waals surface area contributed by atoms with Crippen LogP contribution in [0.15, 0.2) is 18.2 Å². The van der Waals surface area contributed by atoms with E-state index < -0.39 is 11.6 Å². The molecule has 0 aliphatic heterocycles. The average molecular weight is 297 g/mol. The zero-order valence-electron chi connectivity index (χ0n) is 13.0. The number of nitrogens with zero attached hydrogens (tertiary/aromatic N) is 1. The van der Waals surface area contributed by atoms with E-state index in [2.05, 4.69) is 17.2 Å². The van der Waals surface area contributed by atoms with Gasteiger partial charge in [0.05, 0.1) is 6.04 Å². The first kappa shape index (κ1) is 16.3. The summed E-state index contributed by atoms with van der Waals surface area (Å²) in [5.74, 6) is 5.32. The number of hydrazine groups is 1. The smallest absolute Gasteiger partial charge is 0.126 e. The molecule has 0 bridgehead atoms. The summed E-state index contributed by atoms with van der Waals surface area (Å²) in [6, 6.07) is 3.33. The van der Waals surface area contributed by atoms with E-state index in [1.54, 1.807) is 0 Å². The highest BCUT2D eigenvalue weighted by Gasteiger charge is 2.43. The third kappa shape index (κ3) is 3.25. The SMILES string of the molecule is CC1CCC(C(NN)c2cc(F)cc(F)c2)(N(C)C)CC1. The van der Waals surface area contributed by atoms with Gasteiger partial charge in [0.1, 0.15) is 11.6 Å².